The largest absolute Gasteiger partial charge is 0.416 e. The first-order chi connectivity index (χ1) is 6.32. The molecule has 2 N–H and O–H groups in total. The fourth-order valence-electron chi connectivity index (χ4n) is 1.02. The molecule has 14 heavy (non-hydrogen) atoms. The molecule has 0 radical (unpaired) electrons. The van der Waals surface area contributed by atoms with E-state index in [9.17, 15) is 22.0 Å². The highest BCUT2D eigenvalue weighted by Gasteiger charge is 2.35. The van der Waals surface area contributed by atoms with Gasteiger partial charge in [0, 0.05) is 11.3 Å². The Kier molecular flexibility index (Phi) is 2.64. The van der Waals surface area contributed by atoms with E-state index in [4.69, 9.17) is 5.73 Å². The minimum absolute atomic E-state index is 0.117. The zero-order valence-corrected chi connectivity index (χ0v) is 6.78. The summed E-state index contributed by atoms with van der Waals surface area (Å²) >= 11 is 0. The summed E-state index contributed by atoms with van der Waals surface area (Å²) in [4.78, 5) is 0. The molecule has 0 amide bonds. The van der Waals surface area contributed by atoms with Crippen LogP contribution >= 0.6 is 0 Å². The molecular weight excluding hydrogens is 205 g/mol. The lowest BCUT2D eigenvalue weighted by Gasteiger charge is -2.12. The van der Waals surface area contributed by atoms with Gasteiger partial charge in [0.2, 0.25) is 0 Å². The van der Waals surface area contributed by atoms with Gasteiger partial charge in [-0.15, -0.1) is 0 Å². The average Bonchev–Trinajstić information content (AvgIpc) is 2.01. The van der Waals surface area contributed by atoms with E-state index in [1.54, 1.807) is 0 Å². The van der Waals surface area contributed by atoms with Crippen molar-refractivity contribution in [3.63, 3.8) is 0 Å². The highest BCUT2D eigenvalue weighted by molar-refractivity contribution is 5.46. The van der Waals surface area contributed by atoms with E-state index in [1.165, 1.54) is 0 Å². The van der Waals surface area contributed by atoms with Gasteiger partial charge in [0.25, 0.3) is 6.43 Å². The molecule has 6 heteroatoms. The monoisotopic (exact) mass is 211 g/mol. The number of rotatable bonds is 1. The summed E-state index contributed by atoms with van der Waals surface area (Å²) < 4.78 is 60.9. The molecule has 0 saturated heterocycles. The van der Waals surface area contributed by atoms with Crippen LogP contribution in [0.5, 0.6) is 0 Å². The lowest BCUT2D eigenvalue weighted by Crippen LogP contribution is -2.09. The highest BCUT2D eigenvalue weighted by atomic mass is 19.4. The third-order valence-electron chi connectivity index (χ3n) is 1.62. The Labute approximate surface area is 76.3 Å². The highest BCUT2D eigenvalue weighted by Crippen LogP contribution is 2.36. The summed E-state index contributed by atoms with van der Waals surface area (Å²) in [5.74, 6) is 0. The summed E-state index contributed by atoms with van der Waals surface area (Å²) in [6.45, 7) is 0. The summed E-state index contributed by atoms with van der Waals surface area (Å²) in [6.07, 6.45) is -7.96. The molecular formula is C8H6F5N. The number of halogens is 5. The van der Waals surface area contributed by atoms with E-state index < -0.39 is 23.7 Å². The van der Waals surface area contributed by atoms with E-state index >= 15 is 0 Å². The zero-order chi connectivity index (χ0) is 10.9. The van der Waals surface area contributed by atoms with Crippen molar-refractivity contribution >= 4 is 5.69 Å². The average molecular weight is 211 g/mol. The fraction of sp³-hybridized carbons (Fsp3) is 0.250. The van der Waals surface area contributed by atoms with Gasteiger partial charge in [0.15, 0.2) is 0 Å². The Morgan fingerprint density at radius 2 is 1.71 bits per heavy atom. The molecule has 1 aromatic carbocycles. The van der Waals surface area contributed by atoms with Crippen molar-refractivity contribution in [3.8, 4) is 0 Å². The molecule has 0 aliphatic carbocycles. The van der Waals surface area contributed by atoms with Crippen molar-refractivity contribution in [2.45, 2.75) is 12.6 Å². The number of nitrogens with two attached hydrogens (primary N) is 1. The topological polar surface area (TPSA) is 26.0 Å². The Balaban J connectivity index is 3.29. The predicted octanol–water partition coefficient (Wildman–Crippen LogP) is 3.23. The van der Waals surface area contributed by atoms with Gasteiger partial charge in [-0.3, -0.25) is 0 Å². The smallest absolute Gasteiger partial charge is 0.399 e. The molecule has 0 unspecified atom stereocenters. The second-order valence-electron chi connectivity index (χ2n) is 2.65. The molecule has 78 valence electrons. The molecule has 0 saturated carbocycles. The number of hydrogen-bond acceptors (Lipinski definition) is 1. The zero-order valence-electron chi connectivity index (χ0n) is 6.78. The van der Waals surface area contributed by atoms with Crippen LogP contribution in [0, 0.1) is 0 Å². The van der Waals surface area contributed by atoms with Crippen LogP contribution in [0.25, 0.3) is 0 Å². The molecule has 0 atom stereocenters. The number of hydrogen-bond donors (Lipinski definition) is 1. The molecule has 0 bridgehead atoms. The van der Waals surface area contributed by atoms with Crippen molar-refractivity contribution < 1.29 is 22.0 Å². The van der Waals surface area contributed by atoms with Crippen LogP contribution in [-0.4, -0.2) is 0 Å². The van der Waals surface area contributed by atoms with Gasteiger partial charge in [-0.1, -0.05) is 0 Å². The molecule has 0 fully saturated rings. The number of benzene rings is 1. The molecule has 0 spiro atoms. The minimum Gasteiger partial charge on any atom is -0.399 e. The maximum absolute atomic E-state index is 12.2. The van der Waals surface area contributed by atoms with E-state index in [1.807, 2.05) is 0 Å². The summed E-state index contributed by atoms with van der Waals surface area (Å²) in [6, 6.07) is 2.12. The second kappa shape index (κ2) is 3.43. The third kappa shape index (κ3) is 2.12. The third-order valence-corrected chi connectivity index (χ3v) is 1.62. The van der Waals surface area contributed by atoms with E-state index in [-0.39, 0.29) is 5.69 Å². The lowest BCUT2D eigenvalue weighted by atomic mass is 10.1. The van der Waals surface area contributed by atoms with Crippen molar-refractivity contribution in [1.29, 1.82) is 0 Å². The SMILES string of the molecule is Nc1ccc(C(F)(F)F)c(C(F)F)c1. The molecule has 0 aliphatic rings. The first-order valence-corrected chi connectivity index (χ1v) is 3.57. The molecule has 0 aliphatic heterocycles. The fourth-order valence-corrected chi connectivity index (χ4v) is 1.02. The van der Waals surface area contributed by atoms with Gasteiger partial charge in [-0.2, -0.15) is 13.2 Å². The quantitative estimate of drug-likeness (QED) is 0.560. The molecule has 0 heterocycles. The van der Waals surface area contributed by atoms with Crippen molar-refractivity contribution in [3.05, 3.63) is 29.3 Å². The molecule has 0 aromatic heterocycles. The summed E-state index contributed by atoms with van der Waals surface area (Å²) in [7, 11) is 0. The Morgan fingerprint density at radius 3 is 2.14 bits per heavy atom. The number of anilines is 1. The first kappa shape index (κ1) is 10.7. The van der Waals surface area contributed by atoms with Crippen LogP contribution < -0.4 is 5.73 Å². The van der Waals surface area contributed by atoms with Gasteiger partial charge in [0.05, 0.1) is 5.56 Å². The van der Waals surface area contributed by atoms with Crippen LogP contribution in [0.4, 0.5) is 27.6 Å². The van der Waals surface area contributed by atoms with Crippen molar-refractivity contribution in [2.24, 2.45) is 0 Å². The predicted molar refractivity (Wildman–Crippen MR) is 40.8 cm³/mol. The Hall–Kier alpha value is -1.33. The van der Waals surface area contributed by atoms with Gasteiger partial charge >= 0.3 is 6.18 Å². The summed E-state index contributed by atoms with van der Waals surface area (Å²) in [5.41, 5.74) is 2.56. The second-order valence-corrected chi connectivity index (χ2v) is 2.65. The lowest BCUT2D eigenvalue weighted by molar-refractivity contribution is -0.139. The number of alkyl halides is 5. The van der Waals surface area contributed by atoms with Gasteiger partial charge in [-0.25, -0.2) is 8.78 Å². The molecule has 1 rings (SSSR count). The van der Waals surface area contributed by atoms with E-state index in [0.29, 0.717) is 12.1 Å². The van der Waals surface area contributed by atoms with Crippen LogP contribution in [-0.2, 0) is 6.18 Å². The van der Waals surface area contributed by atoms with Crippen molar-refractivity contribution in [2.75, 3.05) is 5.73 Å². The maximum Gasteiger partial charge on any atom is 0.416 e. The van der Waals surface area contributed by atoms with Crippen molar-refractivity contribution in [1.82, 2.24) is 0 Å². The van der Waals surface area contributed by atoms with Gasteiger partial charge in [-0.05, 0) is 18.2 Å². The number of nitrogen functional groups attached to an aromatic ring is 1. The minimum atomic E-state index is -4.78. The van der Waals surface area contributed by atoms with E-state index in [2.05, 4.69) is 0 Å². The maximum atomic E-state index is 12.2. The molecule has 1 aromatic rings. The van der Waals surface area contributed by atoms with Crippen LogP contribution in [0.3, 0.4) is 0 Å². The van der Waals surface area contributed by atoms with Gasteiger partial charge < -0.3 is 5.73 Å². The first-order valence-electron chi connectivity index (χ1n) is 3.57. The van der Waals surface area contributed by atoms with Crippen LogP contribution in [0.2, 0.25) is 0 Å². The normalized spacial score (nSPS) is 12.1. The molecule has 1 nitrogen and oxygen atoms in total. The standard InChI is InChI=1S/C8H6F5N/c9-7(10)5-3-4(14)1-2-6(5)8(11,12)13/h1-3,7H,14H2. The van der Waals surface area contributed by atoms with Crippen LogP contribution in [0.1, 0.15) is 17.6 Å². The summed E-state index contributed by atoms with van der Waals surface area (Å²) in [5, 5.41) is 0. The van der Waals surface area contributed by atoms with Crippen LogP contribution in [0.15, 0.2) is 18.2 Å². The Morgan fingerprint density at radius 1 is 1.14 bits per heavy atom. The van der Waals surface area contributed by atoms with E-state index in [0.717, 1.165) is 6.07 Å². The van der Waals surface area contributed by atoms with Gasteiger partial charge in [0.1, 0.15) is 0 Å². The Bertz CT molecular complexity index is 331.